The molecule has 0 aliphatic heterocycles. The van der Waals surface area contributed by atoms with Gasteiger partial charge in [-0.2, -0.15) is 0 Å². The third-order valence-electron chi connectivity index (χ3n) is 4.91. The van der Waals surface area contributed by atoms with Crippen molar-refractivity contribution in [3.8, 4) is 0 Å². The molecule has 2 nitrogen and oxygen atoms in total. The van der Waals surface area contributed by atoms with E-state index in [-0.39, 0.29) is 17.0 Å². The molecule has 0 fully saturated rings. The predicted molar refractivity (Wildman–Crippen MR) is 101 cm³/mol. The van der Waals surface area contributed by atoms with E-state index in [0.717, 1.165) is 5.92 Å². The third-order valence-corrected chi connectivity index (χ3v) is 4.91. The highest BCUT2D eigenvalue weighted by atomic mass is 79.9. The Labute approximate surface area is 157 Å². The summed E-state index contributed by atoms with van der Waals surface area (Å²) in [6.07, 6.45) is 13.7. The maximum atomic E-state index is 2.64. The highest BCUT2D eigenvalue weighted by Gasteiger charge is 2.15. The van der Waals surface area contributed by atoms with E-state index in [2.05, 4.69) is 51.3 Å². The second kappa shape index (κ2) is 16.8. The first-order valence-corrected chi connectivity index (χ1v) is 9.82. The molecule has 0 rings (SSSR count). The molecular weight excluding hydrogens is 348 g/mol. The van der Waals surface area contributed by atoms with Gasteiger partial charge in [0.1, 0.15) is 0 Å². The minimum atomic E-state index is 0. The average Bonchev–Trinajstić information content (AvgIpc) is 2.51. The van der Waals surface area contributed by atoms with Gasteiger partial charge in [-0.3, -0.25) is 9.48 Å². The van der Waals surface area contributed by atoms with E-state index >= 15 is 0 Å². The molecule has 0 aliphatic carbocycles. The van der Waals surface area contributed by atoms with Crippen molar-refractivity contribution >= 4 is 5.84 Å². The lowest BCUT2D eigenvalue weighted by atomic mass is 9.99. The Bertz CT molecular complexity index is 287. The van der Waals surface area contributed by atoms with Gasteiger partial charge in [-0.1, -0.05) is 59.3 Å². The molecule has 0 spiro atoms. The quantitative estimate of drug-likeness (QED) is 0.202. The molecule has 1 unspecified atom stereocenters. The molecule has 0 aromatic carbocycles. The smallest absolute Gasteiger partial charge is 0.243 e. The molecular formula is C20H43BrN2. The lowest BCUT2D eigenvalue weighted by molar-refractivity contribution is -0.540. The largest absolute Gasteiger partial charge is 1.00 e. The fourth-order valence-electron chi connectivity index (χ4n) is 2.98. The highest BCUT2D eigenvalue weighted by Crippen LogP contribution is 2.14. The molecule has 23 heavy (non-hydrogen) atoms. The van der Waals surface area contributed by atoms with Gasteiger partial charge >= 0.3 is 0 Å². The Balaban J connectivity index is 0. The number of hydrogen-bond acceptors (Lipinski definition) is 0. The monoisotopic (exact) mass is 390 g/mol. The van der Waals surface area contributed by atoms with Gasteiger partial charge in [-0.05, 0) is 31.6 Å². The Morgan fingerprint density at radius 1 is 0.870 bits per heavy atom. The number of rotatable bonds is 13. The summed E-state index contributed by atoms with van der Waals surface area (Å²) in [4.78, 5) is 2.28. The molecule has 0 N–H and O–H groups in total. The molecule has 0 amide bonds. The van der Waals surface area contributed by atoms with E-state index < -0.39 is 0 Å². The van der Waals surface area contributed by atoms with Crippen molar-refractivity contribution in [2.45, 2.75) is 91.9 Å². The Kier molecular flexibility index (Phi) is 18.4. The maximum Gasteiger partial charge on any atom is 0.243 e. The lowest BCUT2D eigenvalue weighted by Gasteiger charge is -2.19. The number of halogens is 1. The van der Waals surface area contributed by atoms with Crippen LogP contribution >= 0.6 is 0 Å². The lowest BCUT2D eigenvalue weighted by Crippen LogP contribution is -3.00. The topological polar surface area (TPSA) is 6.25 Å². The summed E-state index contributed by atoms with van der Waals surface area (Å²) in [7, 11) is 4.35. The van der Waals surface area contributed by atoms with Gasteiger partial charge in [0.25, 0.3) is 0 Å². The van der Waals surface area contributed by atoms with E-state index in [9.17, 15) is 0 Å². The summed E-state index contributed by atoms with van der Waals surface area (Å²) in [5, 5.41) is 0. The van der Waals surface area contributed by atoms with Crippen LogP contribution in [0.4, 0.5) is 0 Å². The van der Waals surface area contributed by atoms with Crippen LogP contribution in [0.15, 0.2) is 0 Å². The summed E-state index contributed by atoms with van der Waals surface area (Å²) in [6.45, 7) is 11.7. The molecule has 1 atom stereocenters. The molecule has 0 radical (unpaired) electrons. The van der Waals surface area contributed by atoms with Crippen molar-refractivity contribution in [2.24, 2.45) is 5.92 Å². The molecule has 0 aliphatic rings. The van der Waals surface area contributed by atoms with E-state index in [1.807, 2.05) is 0 Å². The van der Waals surface area contributed by atoms with Crippen LogP contribution in [0.2, 0.25) is 0 Å². The molecule has 0 bridgehead atoms. The maximum absolute atomic E-state index is 2.64. The summed E-state index contributed by atoms with van der Waals surface area (Å²) >= 11 is 0. The van der Waals surface area contributed by atoms with Gasteiger partial charge in [0.15, 0.2) is 0 Å². The van der Waals surface area contributed by atoms with Gasteiger partial charge in [0, 0.05) is 6.92 Å². The highest BCUT2D eigenvalue weighted by molar-refractivity contribution is 5.73. The molecule has 0 aromatic heterocycles. The second-order valence-electron chi connectivity index (χ2n) is 7.07. The zero-order chi connectivity index (χ0) is 16.8. The van der Waals surface area contributed by atoms with Crippen LogP contribution < -0.4 is 17.0 Å². The molecule has 0 heterocycles. The van der Waals surface area contributed by atoms with Crippen molar-refractivity contribution in [2.75, 3.05) is 27.2 Å². The molecule has 0 saturated heterocycles. The van der Waals surface area contributed by atoms with Gasteiger partial charge < -0.3 is 17.0 Å². The number of amidine groups is 1. The zero-order valence-electron chi connectivity index (χ0n) is 16.8. The first-order valence-electron chi connectivity index (χ1n) is 9.82. The fraction of sp³-hybridized carbons (Fsp3) is 0.950. The van der Waals surface area contributed by atoms with E-state index in [4.69, 9.17) is 0 Å². The normalized spacial score (nSPS) is 13.3. The van der Waals surface area contributed by atoms with E-state index in [1.54, 1.807) is 0 Å². The summed E-state index contributed by atoms with van der Waals surface area (Å²) in [6, 6.07) is 0. The molecule has 0 aromatic rings. The van der Waals surface area contributed by atoms with Crippen LogP contribution in [0.25, 0.3) is 0 Å². The summed E-state index contributed by atoms with van der Waals surface area (Å²) in [5.41, 5.74) is 0. The Morgan fingerprint density at radius 3 is 1.96 bits per heavy atom. The molecule has 140 valence electrons. The zero-order valence-corrected chi connectivity index (χ0v) is 18.4. The predicted octanol–water partition coefficient (Wildman–Crippen LogP) is 2.56. The van der Waals surface area contributed by atoms with Crippen LogP contribution in [0.3, 0.4) is 0 Å². The van der Waals surface area contributed by atoms with Gasteiger partial charge in [-0.15, -0.1) is 0 Å². The summed E-state index contributed by atoms with van der Waals surface area (Å²) < 4.78 is 2.64. The van der Waals surface area contributed by atoms with Gasteiger partial charge in [0.2, 0.25) is 5.84 Å². The third kappa shape index (κ3) is 13.0. The van der Waals surface area contributed by atoms with Crippen LogP contribution in [0.1, 0.15) is 91.9 Å². The van der Waals surface area contributed by atoms with Gasteiger partial charge in [-0.25, -0.2) is 0 Å². The fourth-order valence-corrected chi connectivity index (χ4v) is 2.98. The average molecular weight is 391 g/mol. The van der Waals surface area contributed by atoms with Crippen molar-refractivity contribution < 1.29 is 21.6 Å². The van der Waals surface area contributed by atoms with Crippen molar-refractivity contribution in [1.29, 1.82) is 0 Å². The number of unbranched alkanes of at least 4 members (excludes halogenated alkanes) is 6. The standard InChI is InChI=1S/C20H43N2.BrH/c1-7-10-12-13-14-15-17-22(19(4)21(5)6)18-20(9-3)16-11-8-2;/h20H,7-18H2,1-6H3;1H/q+1;/p-1. The second-order valence-corrected chi connectivity index (χ2v) is 7.07. The van der Waals surface area contributed by atoms with E-state index in [1.165, 1.54) is 83.1 Å². The molecule has 3 heteroatoms. The molecule has 0 saturated carbocycles. The Hall–Kier alpha value is -0.0500. The summed E-state index contributed by atoms with van der Waals surface area (Å²) in [5.74, 6) is 2.29. The number of hydrogen-bond donors (Lipinski definition) is 0. The Morgan fingerprint density at radius 2 is 1.43 bits per heavy atom. The van der Waals surface area contributed by atoms with Crippen molar-refractivity contribution in [3.05, 3.63) is 0 Å². The first kappa shape index (κ1) is 25.2. The number of nitrogens with zero attached hydrogens (tertiary/aromatic N) is 2. The minimum Gasteiger partial charge on any atom is -1.00 e. The van der Waals surface area contributed by atoms with Crippen LogP contribution in [-0.2, 0) is 0 Å². The van der Waals surface area contributed by atoms with Gasteiger partial charge in [0.05, 0.1) is 27.2 Å². The van der Waals surface area contributed by atoms with Crippen molar-refractivity contribution in [3.63, 3.8) is 0 Å². The van der Waals surface area contributed by atoms with Crippen LogP contribution in [0.5, 0.6) is 0 Å². The first-order chi connectivity index (χ1) is 10.6. The minimum absolute atomic E-state index is 0. The van der Waals surface area contributed by atoms with Crippen LogP contribution in [-0.4, -0.2) is 42.5 Å². The van der Waals surface area contributed by atoms with Crippen LogP contribution in [0, 0.1) is 5.92 Å². The van der Waals surface area contributed by atoms with Crippen molar-refractivity contribution in [1.82, 2.24) is 4.90 Å². The van der Waals surface area contributed by atoms with E-state index in [0.29, 0.717) is 0 Å². The SMILES string of the molecule is CCCCCCCC[N+](CC(CC)CCCC)=C(C)N(C)C.[Br-].